The Hall–Kier alpha value is -1.49. The number of fused-ring (bicyclic) bond motifs is 1. The van der Waals surface area contributed by atoms with Crippen LogP contribution in [0.25, 0.3) is 0 Å². The van der Waals surface area contributed by atoms with Gasteiger partial charge in [-0.1, -0.05) is 0 Å². The fourth-order valence-corrected chi connectivity index (χ4v) is 2.34. The third kappa shape index (κ3) is 2.12. The third-order valence-electron chi connectivity index (χ3n) is 2.09. The Morgan fingerprint density at radius 2 is 2.27 bits per heavy atom. The molecule has 1 amide bonds. The van der Waals surface area contributed by atoms with Crippen LogP contribution >= 0.6 is 11.8 Å². The Balaban J connectivity index is 2.40. The van der Waals surface area contributed by atoms with E-state index in [0.717, 1.165) is 4.90 Å². The molecule has 2 rings (SSSR count). The summed E-state index contributed by atoms with van der Waals surface area (Å²) in [4.78, 5) is 22.8. The molecule has 0 bridgehead atoms. The monoisotopic (exact) mass is 223 g/mol. The van der Waals surface area contributed by atoms with E-state index in [1.807, 2.05) is 0 Å². The zero-order chi connectivity index (χ0) is 10.8. The van der Waals surface area contributed by atoms with Crippen LogP contribution in [0.4, 0.5) is 5.69 Å². The zero-order valence-electron chi connectivity index (χ0n) is 7.82. The van der Waals surface area contributed by atoms with Crippen molar-refractivity contribution in [3.05, 3.63) is 23.8 Å². The van der Waals surface area contributed by atoms with Gasteiger partial charge in [0.05, 0.1) is 11.3 Å². The summed E-state index contributed by atoms with van der Waals surface area (Å²) in [6.45, 7) is 0. The minimum absolute atomic E-state index is 0.0238. The normalized spacial score (nSPS) is 15.1. The highest BCUT2D eigenvalue weighted by Crippen LogP contribution is 2.31. The van der Waals surface area contributed by atoms with E-state index >= 15 is 0 Å². The lowest BCUT2D eigenvalue weighted by Gasteiger charge is -2.06. The summed E-state index contributed by atoms with van der Waals surface area (Å²) < 4.78 is 0. The summed E-state index contributed by atoms with van der Waals surface area (Å²) >= 11 is 1.50. The molecule has 0 saturated heterocycles. The van der Waals surface area contributed by atoms with Crippen LogP contribution in [0.1, 0.15) is 16.8 Å². The Morgan fingerprint density at radius 3 is 3.00 bits per heavy atom. The summed E-state index contributed by atoms with van der Waals surface area (Å²) in [6.07, 6.45) is 0.460. The first-order valence-corrected chi connectivity index (χ1v) is 5.45. The molecule has 1 aliphatic heterocycles. The van der Waals surface area contributed by atoms with Gasteiger partial charge in [0.2, 0.25) is 5.91 Å². The molecule has 0 unspecified atom stereocenters. The van der Waals surface area contributed by atoms with Crippen molar-refractivity contribution in [2.75, 3.05) is 11.1 Å². The Morgan fingerprint density at radius 1 is 1.47 bits per heavy atom. The fraction of sp³-hybridized carbons (Fsp3) is 0.200. The molecule has 1 aromatic rings. The van der Waals surface area contributed by atoms with Crippen molar-refractivity contribution in [3.63, 3.8) is 0 Å². The Bertz CT molecular complexity index is 431. The Kier molecular flexibility index (Phi) is 2.64. The van der Waals surface area contributed by atoms with Gasteiger partial charge in [-0.2, -0.15) is 0 Å². The second-order valence-corrected chi connectivity index (χ2v) is 4.30. The molecule has 0 aromatic heterocycles. The maximum absolute atomic E-state index is 11.2. The maximum Gasteiger partial charge on any atom is 0.335 e. The second-order valence-electron chi connectivity index (χ2n) is 3.16. The number of hydrogen-bond acceptors (Lipinski definition) is 3. The van der Waals surface area contributed by atoms with Gasteiger partial charge in [0, 0.05) is 17.1 Å². The van der Waals surface area contributed by atoms with Gasteiger partial charge in [0.15, 0.2) is 0 Å². The summed E-state index contributed by atoms with van der Waals surface area (Å²) in [5.41, 5.74) is 0.949. The van der Waals surface area contributed by atoms with Crippen molar-refractivity contribution < 1.29 is 14.7 Å². The molecular formula is C10H9NO3S. The topological polar surface area (TPSA) is 66.4 Å². The van der Waals surface area contributed by atoms with Gasteiger partial charge in [0.1, 0.15) is 0 Å². The van der Waals surface area contributed by atoms with Crippen LogP contribution in [0.2, 0.25) is 0 Å². The van der Waals surface area contributed by atoms with Crippen LogP contribution in [0.15, 0.2) is 23.1 Å². The number of carbonyl (C=O) groups is 2. The quantitative estimate of drug-likeness (QED) is 0.762. The van der Waals surface area contributed by atoms with Gasteiger partial charge in [-0.3, -0.25) is 4.79 Å². The van der Waals surface area contributed by atoms with Gasteiger partial charge in [0.25, 0.3) is 0 Å². The highest BCUT2D eigenvalue weighted by Gasteiger charge is 2.14. The predicted octanol–water partition coefficient (Wildman–Crippen LogP) is 1.82. The number of thioether (sulfide) groups is 1. The molecule has 0 fully saturated rings. The number of carboxylic acid groups (broad SMARTS) is 1. The van der Waals surface area contributed by atoms with Crippen LogP contribution in [-0.4, -0.2) is 22.7 Å². The summed E-state index contributed by atoms with van der Waals surface area (Å²) in [7, 11) is 0. The van der Waals surface area contributed by atoms with E-state index in [4.69, 9.17) is 5.11 Å². The molecule has 1 heterocycles. The molecule has 0 atom stereocenters. The highest BCUT2D eigenvalue weighted by molar-refractivity contribution is 7.99. The van der Waals surface area contributed by atoms with Gasteiger partial charge < -0.3 is 10.4 Å². The van der Waals surface area contributed by atoms with E-state index in [1.54, 1.807) is 12.1 Å². The standard InChI is InChI=1S/C10H9NO3S/c12-9-3-4-15-8-5-6(10(13)14)1-2-7(8)11-9/h1-2,5H,3-4H2,(H,11,12)(H,13,14). The summed E-state index contributed by atoms with van der Waals surface area (Å²) in [6, 6.07) is 4.72. The summed E-state index contributed by atoms with van der Waals surface area (Å²) in [5.74, 6) is -0.291. The number of hydrogen-bond donors (Lipinski definition) is 2. The molecule has 78 valence electrons. The van der Waals surface area contributed by atoms with Crippen LogP contribution in [0.3, 0.4) is 0 Å². The average molecular weight is 223 g/mol. The highest BCUT2D eigenvalue weighted by atomic mass is 32.2. The molecule has 0 spiro atoms. The van der Waals surface area contributed by atoms with Crippen molar-refractivity contribution in [3.8, 4) is 0 Å². The number of nitrogens with one attached hydrogen (secondary N) is 1. The van der Waals surface area contributed by atoms with Gasteiger partial charge in [-0.15, -0.1) is 11.8 Å². The molecule has 4 nitrogen and oxygen atoms in total. The first kappa shape index (κ1) is 10.0. The SMILES string of the molecule is O=C1CCSc2cc(C(=O)O)ccc2N1. The molecule has 5 heteroatoms. The number of rotatable bonds is 1. The number of aromatic carboxylic acids is 1. The van der Waals surface area contributed by atoms with E-state index in [-0.39, 0.29) is 11.5 Å². The summed E-state index contributed by atoms with van der Waals surface area (Å²) in [5, 5.41) is 11.5. The molecule has 0 aliphatic carbocycles. The van der Waals surface area contributed by atoms with E-state index < -0.39 is 5.97 Å². The van der Waals surface area contributed by atoms with Crippen LogP contribution in [0, 0.1) is 0 Å². The molecule has 1 aliphatic rings. The zero-order valence-corrected chi connectivity index (χ0v) is 8.63. The molecule has 0 radical (unpaired) electrons. The van der Waals surface area contributed by atoms with Gasteiger partial charge >= 0.3 is 5.97 Å². The number of amides is 1. The largest absolute Gasteiger partial charge is 0.478 e. The first-order valence-electron chi connectivity index (χ1n) is 4.47. The number of carboxylic acids is 1. The van der Waals surface area contributed by atoms with E-state index in [9.17, 15) is 9.59 Å². The molecule has 15 heavy (non-hydrogen) atoms. The van der Waals surface area contributed by atoms with Crippen molar-refractivity contribution in [1.29, 1.82) is 0 Å². The maximum atomic E-state index is 11.2. The van der Waals surface area contributed by atoms with Crippen LogP contribution in [-0.2, 0) is 4.79 Å². The number of carbonyl (C=O) groups excluding carboxylic acids is 1. The van der Waals surface area contributed by atoms with E-state index in [0.29, 0.717) is 17.9 Å². The number of benzene rings is 1. The molecule has 0 saturated carbocycles. The minimum Gasteiger partial charge on any atom is -0.478 e. The average Bonchev–Trinajstić information content (AvgIpc) is 2.37. The molecular weight excluding hydrogens is 214 g/mol. The third-order valence-corrected chi connectivity index (χ3v) is 3.15. The van der Waals surface area contributed by atoms with Crippen LogP contribution in [0.5, 0.6) is 0 Å². The first-order chi connectivity index (χ1) is 7.16. The lowest BCUT2D eigenvalue weighted by Crippen LogP contribution is -2.10. The van der Waals surface area contributed by atoms with E-state index in [2.05, 4.69) is 5.32 Å². The van der Waals surface area contributed by atoms with Crippen LogP contribution < -0.4 is 5.32 Å². The molecule has 1 aromatic carbocycles. The fourth-order valence-electron chi connectivity index (χ4n) is 1.34. The number of anilines is 1. The Labute approximate surface area is 90.7 Å². The van der Waals surface area contributed by atoms with Gasteiger partial charge in [-0.05, 0) is 18.2 Å². The smallest absolute Gasteiger partial charge is 0.335 e. The minimum atomic E-state index is -0.950. The second kappa shape index (κ2) is 3.94. The molecule has 2 N–H and O–H groups in total. The van der Waals surface area contributed by atoms with Crippen molar-refractivity contribution in [2.45, 2.75) is 11.3 Å². The van der Waals surface area contributed by atoms with Crippen molar-refractivity contribution >= 4 is 29.3 Å². The predicted molar refractivity (Wildman–Crippen MR) is 57.4 cm³/mol. The van der Waals surface area contributed by atoms with Crippen molar-refractivity contribution in [2.24, 2.45) is 0 Å². The van der Waals surface area contributed by atoms with Gasteiger partial charge in [-0.25, -0.2) is 4.79 Å². The lowest BCUT2D eigenvalue weighted by molar-refractivity contribution is -0.115. The van der Waals surface area contributed by atoms with E-state index in [1.165, 1.54) is 17.8 Å². The lowest BCUT2D eigenvalue weighted by atomic mass is 10.2. The van der Waals surface area contributed by atoms with Crippen molar-refractivity contribution in [1.82, 2.24) is 0 Å².